The quantitative estimate of drug-likeness (QED) is 0.389. The fourth-order valence-electron chi connectivity index (χ4n) is 3.67. The molecule has 2 heterocycles. The van der Waals surface area contributed by atoms with Crippen LogP contribution < -0.4 is 0 Å². The lowest BCUT2D eigenvalue weighted by Crippen LogP contribution is -2.34. The molecule has 31 heavy (non-hydrogen) atoms. The molecule has 0 amide bonds. The maximum absolute atomic E-state index is 13.8. The number of benzene rings is 2. The molecule has 0 saturated carbocycles. The molecule has 2 aromatic heterocycles. The zero-order chi connectivity index (χ0) is 21.8. The van der Waals surface area contributed by atoms with E-state index in [4.69, 9.17) is 0 Å². The molecule has 0 fully saturated rings. The Labute approximate surface area is 186 Å². The summed E-state index contributed by atoms with van der Waals surface area (Å²) in [6.45, 7) is 7.67. The minimum absolute atomic E-state index is 0.239. The fourth-order valence-corrected chi connectivity index (χ4v) is 4.40. The second-order valence-electron chi connectivity index (χ2n) is 8.54. The molecule has 2 aromatic carbocycles. The second kappa shape index (κ2) is 9.08. The van der Waals surface area contributed by atoms with E-state index in [0.29, 0.717) is 6.54 Å². The van der Waals surface area contributed by atoms with Crippen molar-refractivity contribution >= 4 is 11.3 Å². The lowest BCUT2D eigenvalue weighted by Gasteiger charge is -2.33. The van der Waals surface area contributed by atoms with Gasteiger partial charge in [0.1, 0.15) is 5.82 Å². The number of nitrogens with zero attached hydrogens (tertiary/aromatic N) is 5. The molecule has 0 radical (unpaired) electrons. The summed E-state index contributed by atoms with van der Waals surface area (Å²) >= 11 is 1.72. The first-order chi connectivity index (χ1) is 14.9. The van der Waals surface area contributed by atoms with Crippen LogP contribution in [0.4, 0.5) is 4.39 Å². The Balaban J connectivity index is 1.83. The van der Waals surface area contributed by atoms with Crippen molar-refractivity contribution in [1.82, 2.24) is 25.1 Å². The fraction of sp³-hybridized carbons (Fsp3) is 0.292. The largest absolute Gasteiger partial charge is 0.280 e. The van der Waals surface area contributed by atoms with Crippen LogP contribution in [0.5, 0.6) is 0 Å². The number of rotatable bonds is 7. The van der Waals surface area contributed by atoms with Crippen LogP contribution in [-0.2, 0) is 18.6 Å². The Bertz CT molecular complexity index is 1090. The SMILES string of the molecule is CC(C)(C)n1nnnc1C(c1ccc(F)cc1)N(Cc1ccccc1)Cc1cccs1. The summed E-state index contributed by atoms with van der Waals surface area (Å²) in [4.78, 5) is 3.60. The number of hydrogen-bond acceptors (Lipinski definition) is 5. The smallest absolute Gasteiger partial charge is 0.173 e. The number of tetrazole rings is 1. The van der Waals surface area contributed by atoms with Crippen LogP contribution in [0.2, 0.25) is 0 Å². The van der Waals surface area contributed by atoms with Crippen molar-refractivity contribution < 1.29 is 4.39 Å². The lowest BCUT2D eigenvalue weighted by molar-refractivity contribution is 0.187. The van der Waals surface area contributed by atoms with E-state index in [1.54, 1.807) is 11.3 Å². The molecule has 7 heteroatoms. The Morgan fingerprint density at radius 1 is 0.968 bits per heavy atom. The average Bonchev–Trinajstić information content (AvgIpc) is 3.42. The molecule has 1 unspecified atom stereocenters. The van der Waals surface area contributed by atoms with Gasteiger partial charge < -0.3 is 0 Å². The molecule has 5 nitrogen and oxygen atoms in total. The Morgan fingerprint density at radius 3 is 2.35 bits per heavy atom. The molecule has 0 aliphatic heterocycles. The summed E-state index contributed by atoms with van der Waals surface area (Å²) in [6, 6.07) is 21.0. The standard InChI is InChI=1S/C24H26FN5S/c1-24(2,3)30-23(26-27-28-30)22(19-11-13-20(25)14-12-19)29(17-21-10-7-15-31-21)16-18-8-5-4-6-9-18/h4-15,22H,16-17H2,1-3H3. The van der Waals surface area contributed by atoms with Gasteiger partial charge in [0.2, 0.25) is 0 Å². The maximum atomic E-state index is 13.8. The van der Waals surface area contributed by atoms with Gasteiger partial charge in [0, 0.05) is 18.0 Å². The molecular weight excluding hydrogens is 409 g/mol. The van der Waals surface area contributed by atoms with Gasteiger partial charge in [-0.1, -0.05) is 48.5 Å². The topological polar surface area (TPSA) is 46.8 Å². The van der Waals surface area contributed by atoms with Gasteiger partial charge >= 0.3 is 0 Å². The van der Waals surface area contributed by atoms with Crippen LogP contribution in [0.15, 0.2) is 72.1 Å². The molecule has 0 aliphatic carbocycles. The monoisotopic (exact) mass is 435 g/mol. The Hall–Kier alpha value is -2.90. The summed E-state index contributed by atoms with van der Waals surface area (Å²) in [5.74, 6) is 0.484. The predicted octanol–water partition coefficient (Wildman–Crippen LogP) is 5.42. The first kappa shape index (κ1) is 21.3. The predicted molar refractivity (Wildman–Crippen MR) is 121 cm³/mol. The molecule has 4 aromatic rings. The van der Waals surface area contributed by atoms with E-state index in [9.17, 15) is 4.39 Å². The van der Waals surface area contributed by atoms with Crippen molar-refractivity contribution in [2.75, 3.05) is 0 Å². The Kier molecular flexibility index (Phi) is 6.25. The maximum Gasteiger partial charge on any atom is 0.173 e. The molecule has 4 rings (SSSR count). The van der Waals surface area contributed by atoms with E-state index in [0.717, 1.165) is 17.9 Å². The van der Waals surface area contributed by atoms with Crippen LogP contribution >= 0.6 is 11.3 Å². The highest BCUT2D eigenvalue weighted by molar-refractivity contribution is 7.09. The number of hydrogen-bond donors (Lipinski definition) is 0. The highest BCUT2D eigenvalue weighted by Gasteiger charge is 2.31. The summed E-state index contributed by atoms with van der Waals surface area (Å²) in [5, 5.41) is 14.8. The molecule has 0 saturated heterocycles. The first-order valence-electron chi connectivity index (χ1n) is 10.3. The van der Waals surface area contributed by atoms with Crippen LogP contribution in [0.25, 0.3) is 0 Å². The highest BCUT2D eigenvalue weighted by Crippen LogP contribution is 2.33. The number of halogens is 1. The van der Waals surface area contributed by atoms with Gasteiger partial charge in [0.05, 0.1) is 11.6 Å². The van der Waals surface area contributed by atoms with Gasteiger partial charge in [0.15, 0.2) is 5.82 Å². The molecule has 1 atom stereocenters. The zero-order valence-corrected chi connectivity index (χ0v) is 18.8. The normalized spacial score (nSPS) is 12.9. The van der Waals surface area contributed by atoms with Gasteiger partial charge in [0.25, 0.3) is 0 Å². The first-order valence-corrected chi connectivity index (χ1v) is 11.1. The van der Waals surface area contributed by atoms with Gasteiger partial charge in [-0.15, -0.1) is 16.4 Å². The summed E-state index contributed by atoms with van der Waals surface area (Å²) < 4.78 is 15.6. The van der Waals surface area contributed by atoms with E-state index >= 15 is 0 Å². The van der Waals surface area contributed by atoms with Crippen molar-refractivity contribution in [1.29, 1.82) is 0 Å². The van der Waals surface area contributed by atoms with Crippen molar-refractivity contribution in [3.05, 3.63) is 99.8 Å². The number of thiophene rings is 1. The van der Waals surface area contributed by atoms with Gasteiger partial charge in [-0.05, 0) is 65.9 Å². The molecule has 160 valence electrons. The van der Waals surface area contributed by atoms with Crippen LogP contribution in [0.1, 0.15) is 48.6 Å². The zero-order valence-electron chi connectivity index (χ0n) is 17.9. The Morgan fingerprint density at radius 2 is 1.71 bits per heavy atom. The minimum Gasteiger partial charge on any atom is -0.280 e. The van der Waals surface area contributed by atoms with Crippen molar-refractivity contribution in [2.24, 2.45) is 0 Å². The van der Waals surface area contributed by atoms with Crippen LogP contribution in [0, 0.1) is 5.82 Å². The van der Waals surface area contributed by atoms with Crippen molar-refractivity contribution in [3.8, 4) is 0 Å². The molecule has 0 aliphatic rings. The van der Waals surface area contributed by atoms with Crippen molar-refractivity contribution in [3.63, 3.8) is 0 Å². The highest BCUT2D eigenvalue weighted by atomic mass is 32.1. The third-order valence-corrected chi connectivity index (χ3v) is 5.95. The second-order valence-corrected chi connectivity index (χ2v) is 9.58. The minimum atomic E-state index is -0.293. The van der Waals surface area contributed by atoms with E-state index in [-0.39, 0.29) is 17.4 Å². The summed E-state index contributed by atoms with van der Waals surface area (Å²) in [6.07, 6.45) is 0. The lowest BCUT2D eigenvalue weighted by atomic mass is 10.0. The van der Waals surface area contributed by atoms with E-state index in [1.807, 2.05) is 35.0 Å². The average molecular weight is 436 g/mol. The molecule has 0 bridgehead atoms. The van der Waals surface area contributed by atoms with Gasteiger partial charge in [-0.25, -0.2) is 9.07 Å². The number of aromatic nitrogens is 4. The van der Waals surface area contributed by atoms with Gasteiger partial charge in [-0.3, -0.25) is 4.90 Å². The van der Waals surface area contributed by atoms with E-state index in [2.05, 4.69) is 70.8 Å². The molecule has 0 N–H and O–H groups in total. The summed E-state index contributed by atoms with van der Waals surface area (Å²) in [7, 11) is 0. The van der Waals surface area contributed by atoms with Crippen LogP contribution in [0.3, 0.4) is 0 Å². The third kappa shape index (κ3) is 5.06. The molecular formula is C24H26FN5S. The van der Waals surface area contributed by atoms with Crippen LogP contribution in [-0.4, -0.2) is 25.1 Å². The third-order valence-electron chi connectivity index (χ3n) is 5.09. The van der Waals surface area contributed by atoms with E-state index < -0.39 is 0 Å². The summed E-state index contributed by atoms with van der Waals surface area (Å²) in [5.41, 5.74) is 1.86. The van der Waals surface area contributed by atoms with Crippen molar-refractivity contribution in [2.45, 2.75) is 45.4 Å². The van der Waals surface area contributed by atoms with Gasteiger partial charge in [-0.2, -0.15) is 0 Å². The van der Waals surface area contributed by atoms with E-state index in [1.165, 1.54) is 22.6 Å². The molecule has 0 spiro atoms.